The maximum absolute atomic E-state index is 12.7. The minimum Gasteiger partial charge on any atom is -0.497 e. The summed E-state index contributed by atoms with van der Waals surface area (Å²) < 4.78 is 12.9. The second kappa shape index (κ2) is 9.09. The molecule has 0 aliphatic rings. The fourth-order valence-corrected chi connectivity index (χ4v) is 3.99. The zero-order valence-electron chi connectivity index (χ0n) is 17.0. The topological polar surface area (TPSA) is 65.7 Å². The Balaban J connectivity index is 1.56. The highest BCUT2D eigenvalue weighted by molar-refractivity contribution is 7.15. The normalized spacial score (nSPS) is 11.9. The van der Waals surface area contributed by atoms with Crippen LogP contribution < -0.4 is 19.6 Å². The molecule has 4 rings (SSSR count). The Morgan fingerprint density at radius 2 is 1.93 bits per heavy atom. The van der Waals surface area contributed by atoms with Gasteiger partial charge in [-0.25, -0.2) is 0 Å². The number of benzene rings is 2. The van der Waals surface area contributed by atoms with Crippen LogP contribution in [0.4, 0.5) is 0 Å². The number of hydrogen-bond donors (Lipinski definition) is 0. The van der Waals surface area contributed by atoms with E-state index < -0.39 is 0 Å². The lowest BCUT2D eigenvalue weighted by Crippen LogP contribution is -2.23. The van der Waals surface area contributed by atoms with Crippen molar-refractivity contribution in [1.29, 1.82) is 0 Å². The van der Waals surface area contributed by atoms with Gasteiger partial charge in [0, 0.05) is 5.56 Å². The highest BCUT2D eigenvalue weighted by Gasteiger charge is 2.12. The van der Waals surface area contributed by atoms with E-state index in [9.17, 15) is 4.79 Å². The molecule has 0 N–H and O–H groups in total. The van der Waals surface area contributed by atoms with Gasteiger partial charge in [0.05, 0.1) is 18.2 Å². The molecule has 0 spiro atoms. The number of nitrogens with zero attached hydrogens (tertiary/aromatic N) is 3. The van der Waals surface area contributed by atoms with Gasteiger partial charge in [0.25, 0.3) is 5.56 Å². The van der Waals surface area contributed by atoms with Crippen molar-refractivity contribution in [3.05, 3.63) is 69.0 Å². The van der Waals surface area contributed by atoms with Crippen molar-refractivity contribution in [3.63, 3.8) is 0 Å². The van der Waals surface area contributed by atoms with Crippen molar-refractivity contribution in [2.75, 3.05) is 13.7 Å². The smallest absolute Gasteiger partial charge is 0.291 e. The second-order valence-corrected chi connectivity index (χ2v) is 7.91. The van der Waals surface area contributed by atoms with Crippen LogP contribution in [-0.4, -0.2) is 28.3 Å². The molecular weight excluding hydrogens is 398 g/mol. The highest BCUT2D eigenvalue weighted by Crippen LogP contribution is 2.21. The molecule has 0 aliphatic heterocycles. The van der Waals surface area contributed by atoms with Gasteiger partial charge < -0.3 is 9.47 Å². The lowest BCUT2D eigenvalue weighted by molar-refractivity contribution is 0.306. The van der Waals surface area contributed by atoms with E-state index >= 15 is 0 Å². The molecule has 154 valence electrons. The molecule has 30 heavy (non-hydrogen) atoms. The lowest BCUT2D eigenvalue weighted by Gasteiger charge is -2.05. The zero-order valence-corrected chi connectivity index (χ0v) is 17.8. The van der Waals surface area contributed by atoms with Crippen molar-refractivity contribution in [2.24, 2.45) is 0 Å². The fourth-order valence-electron chi connectivity index (χ4n) is 3.08. The number of unbranched alkanes of at least 4 members (excludes halogenated alkanes) is 2. The number of thiazole rings is 1. The number of methoxy groups -OCH3 is 1. The van der Waals surface area contributed by atoms with E-state index in [2.05, 4.69) is 17.0 Å². The minimum atomic E-state index is -0.174. The van der Waals surface area contributed by atoms with Crippen molar-refractivity contribution < 1.29 is 9.47 Å². The average molecular weight is 422 g/mol. The molecular formula is C23H23N3O3S. The van der Waals surface area contributed by atoms with Crippen LogP contribution in [0.3, 0.4) is 0 Å². The predicted octanol–water partition coefficient (Wildman–Crippen LogP) is 3.94. The van der Waals surface area contributed by atoms with Gasteiger partial charge in [0.2, 0.25) is 4.96 Å². The number of rotatable bonds is 8. The summed E-state index contributed by atoms with van der Waals surface area (Å²) in [5.74, 6) is 2.11. The molecule has 0 saturated carbocycles. The van der Waals surface area contributed by atoms with Crippen molar-refractivity contribution in [3.8, 4) is 22.9 Å². The molecule has 0 atom stereocenters. The molecule has 0 bridgehead atoms. The summed E-state index contributed by atoms with van der Waals surface area (Å²) in [6.45, 7) is 2.89. The van der Waals surface area contributed by atoms with Crippen LogP contribution >= 0.6 is 11.3 Å². The average Bonchev–Trinajstić information content (AvgIpc) is 3.31. The van der Waals surface area contributed by atoms with Crippen LogP contribution in [0.25, 0.3) is 22.4 Å². The summed E-state index contributed by atoms with van der Waals surface area (Å²) in [7, 11) is 1.62. The largest absolute Gasteiger partial charge is 0.497 e. The number of ether oxygens (including phenoxy) is 2. The van der Waals surface area contributed by atoms with Crippen molar-refractivity contribution in [1.82, 2.24) is 14.6 Å². The molecule has 7 heteroatoms. The van der Waals surface area contributed by atoms with Gasteiger partial charge >= 0.3 is 0 Å². The molecule has 0 amide bonds. The minimum absolute atomic E-state index is 0.174. The quantitative estimate of drug-likeness (QED) is 0.403. The maximum atomic E-state index is 12.7. The van der Waals surface area contributed by atoms with Crippen LogP contribution in [0.15, 0.2) is 53.3 Å². The molecule has 0 saturated heterocycles. The van der Waals surface area contributed by atoms with E-state index in [1.807, 2.05) is 54.6 Å². The van der Waals surface area contributed by atoms with E-state index in [0.29, 0.717) is 15.3 Å². The van der Waals surface area contributed by atoms with E-state index in [1.54, 1.807) is 7.11 Å². The molecule has 6 nitrogen and oxygen atoms in total. The molecule has 2 aromatic carbocycles. The summed E-state index contributed by atoms with van der Waals surface area (Å²) in [6, 6.07) is 15.2. The predicted molar refractivity (Wildman–Crippen MR) is 119 cm³/mol. The van der Waals surface area contributed by atoms with Crippen LogP contribution in [0.2, 0.25) is 0 Å². The summed E-state index contributed by atoms with van der Waals surface area (Å²) in [5, 5.41) is 4.41. The molecule has 2 aromatic heterocycles. The van der Waals surface area contributed by atoms with Crippen molar-refractivity contribution in [2.45, 2.75) is 26.2 Å². The van der Waals surface area contributed by atoms with Gasteiger partial charge in [-0.2, -0.15) is 9.50 Å². The van der Waals surface area contributed by atoms with E-state index in [4.69, 9.17) is 9.47 Å². The molecule has 2 heterocycles. The first kappa shape index (κ1) is 20.1. The van der Waals surface area contributed by atoms with Crippen LogP contribution in [-0.2, 0) is 0 Å². The standard InChI is InChI=1S/C23H23N3O3S/c1-3-4-5-13-29-18-11-9-17(10-12-18)21-24-23-26(25-21)22(27)20(30-23)15-16-7-6-8-19(14-16)28-2/h6-12,14-15H,3-5,13H2,1-2H3/b20-15-. The SMILES string of the molecule is CCCCCOc1ccc(-c2nc3s/c(=C\c4cccc(OC)c4)c(=O)n3n2)cc1. The first-order chi connectivity index (χ1) is 14.7. The highest BCUT2D eigenvalue weighted by atomic mass is 32.1. The van der Waals surface area contributed by atoms with Gasteiger partial charge in [-0.15, -0.1) is 5.10 Å². The lowest BCUT2D eigenvalue weighted by atomic mass is 10.2. The third-order valence-electron chi connectivity index (χ3n) is 4.70. The summed E-state index contributed by atoms with van der Waals surface area (Å²) in [6.07, 6.45) is 5.23. The van der Waals surface area contributed by atoms with Gasteiger partial charge in [-0.1, -0.05) is 43.2 Å². The Kier molecular flexibility index (Phi) is 6.09. The molecule has 0 unspecified atom stereocenters. The van der Waals surface area contributed by atoms with Crippen LogP contribution in [0.5, 0.6) is 11.5 Å². The van der Waals surface area contributed by atoms with Gasteiger partial charge in [-0.05, 0) is 54.5 Å². The maximum Gasteiger partial charge on any atom is 0.291 e. The van der Waals surface area contributed by atoms with Crippen LogP contribution in [0.1, 0.15) is 31.7 Å². The molecule has 0 fully saturated rings. The van der Waals surface area contributed by atoms with Crippen LogP contribution in [0, 0.1) is 0 Å². The Morgan fingerprint density at radius 3 is 2.67 bits per heavy atom. The first-order valence-corrected chi connectivity index (χ1v) is 10.8. The Hall–Kier alpha value is -3.19. The molecule has 0 radical (unpaired) electrons. The molecule has 0 aliphatic carbocycles. The third kappa shape index (κ3) is 4.36. The van der Waals surface area contributed by atoms with E-state index in [1.165, 1.54) is 28.7 Å². The fraction of sp³-hybridized carbons (Fsp3) is 0.261. The third-order valence-corrected chi connectivity index (χ3v) is 5.66. The summed E-state index contributed by atoms with van der Waals surface area (Å²) >= 11 is 1.32. The van der Waals surface area contributed by atoms with Gasteiger partial charge in [0.1, 0.15) is 11.5 Å². The number of fused-ring (bicyclic) bond motifs is 1. The Labute approximate surface area is 178 Å². The van der Waals surface area contributed by atoms with E-state index in [-0.39, 0.29) is 5.56 Å². The van der Waals surface area contributed by atoms with E-state index in [0.717, 1.165) is 35.7 Å². The molecule has 4 aromatic rings. The van der Waals surface area contributed by atoms with Gasteiger partial charge in [-0.3, -0.25) is 4.79 Å². The van der Waals surface area contributed by atoms with Gasteiger partial charge in [0.15, 0.2) is 5.82 Å². The second-order valence-electron chi connectivity index (χ2n) is 6.90. The Bertz CT molecular complexity index is 1250. The summed E-state index contributed by atoms with van der Waals surface area (Å²) in [4.78, 5) is 17.9. The number of hydrogen-bond acceptors (Lipinski definition) is 6. The van der Waals surface area contributed by atoms with Crippen molar-refractivity contribution >= 4 is 22.4 Å². The first-order valence-electron chi connectivity index (χ1n) is 9.96. The number of aromatic nitrogens is 3. The Morgan fingerprint density at radius 1 is 1.10 bits per heavy atom. The monoisotopic (exact) mass is 421 g/mol. The zero-order chi connectivity index (χ0) is 20.9. The summed E-state index contributed by atoms with van der Waals surface area (Å²) in [5.41, 5.74) is 1.57.